The molecule has 0 saturated heterocycles. The van der Waals surface area contributed by atoms with Crippen molar-refractivity contribution >= 4 is 6.41 Å². The predicted molar refractivity (Wildman–Crippen MR) is 24.7 cm³/mol. The summed E-state index contributed by atoms with van der Waals surface area (Å²) >= 11 is 0. The van der Waals surface area contributed by atoms with Gasteiger partial charge in [0.2, 0.25) is 6.41 Å². The van der Waals surface area contributed by atoms with Crippen molar-refractivity contribution in [1.29, 1.82) is 5.26 Å². The van der Waals surface area contributed by atoms with E-state index in [1.165, 1.54) is 4.90 Å². The Morgan fingerprint density at radius 1 is 1.50 bits per heavy atom. The first-order chi connectivity index (χ1) is 3.27. The Morgan fingerprint density at radius 2 is 1.62 bits per heavy atom. The molecule has 0 radical (unpaired) electrons. The zero-order valence-corrected chi connectivity index (χ0v) is 5.62. The van der Waals surface area contributed by atoms with E-state index in [2.05, 4.69) is 0 Å². The van der Waals surface area contributed by atoms with Crippen molar-refractivity contribution in [2.75, 3.05) is 14.1 Å². The molecule has 4 heteroatoms. The van der Waals surface area contributed by atoms with Gasteiger partial charge in [-0.05, 0) is 0 Å². The first-order valence-corrected chi connectivity index (χ1v) is 1.61. The van der Waals surface area contributed by atoms with Gasteiger partial charge in [0, 0.05) is 14.1 Å². The van der Waals surface area contributed by atoms with Crippen molar-refractivity contribution in [3.05, 3.63) is 6.57 Å². The monoisotopic (exact) mass is 162 g/mol. The summed E-state index contributed by atoms with van der Waals surface area (Å²) in [6, 6.07) is 0. The van der Waals surface area contributed by atoms with E-state index in [0.29, 0.717) is 0 Å². The normalized spacial score (nSPS) is 4.50. The molecule has 0 rings (SSSR count). The largest absolute Gasteiger partial charge is 1.00 e. The molecule has 0 aromatic heterocycles. The summed E-state index contributed by atoms with van der Waals surface area (Å²) in [6.07, 6.45) is 0.750. The third kappa shape index (κ3) is 50.2. The zero-order valence-electron chi connectivity index (χ0n) is 4.68. The molecule has 3 nitrogen and oxygen atoms in total. The van der Waals surface area contributed by atoms with Gasteiger partial charge in [0.05, 0.1) is 0 Å². The average molecular weight is 163 g/mol. The van der Waals surface area contributed by atoms with Gasteiger partial charge in [0.1, 0.15) is 0 Å². The maximum Gasteiger partial charge on any atom is 1.00 e. The fraction of sp³-hybridized carbons (Fsp3) is 0.500. The van der Waals surface area contributed by atoms with Crippen LogP contribution in [0.1, 0.15) is 0 Å². The van der Waals surface area contributed by atoms with E-state index in [9.17, 15) is 4.79 Å². The summed E-state index contributed by atoms with van der Waals surface area (Å²) < 4.78 is 0. The quantitative estimate of drug-likeness (QED) is 0.305. The minimum absolute atomic E-state index is 0. The Hall–Kier alpha value is -0.521. The standard InChI is InChI=1S/C3H7NO.CN.Cu/c1-4(2)3-5;1-2;/h3H,1-2H3;;/q;-1;+1. The van der Waals surface area contributed by atoms with Crippen molar-refractivity contribution in [2.24, 2.45) is 0 Å². The molecule has 0 aliphatic rings. The van der Waals surface area contributed by atoms with Crippen LogP contribution in [0.3, 0.4) is 0 Å². The van der Waals surface area contributed by atoms with Crippen molar-refractivity contribution in [3.8, 4) is 0 Å². The van der Waals surface area contributed by atoms with Crippen molar-refractivity contribution < 1.29 is 21.9 Å². The number of rotatable bonds is 1. The summed E-state index contributed by atoms with van der Waals surface area (Å²) in [5.74, 6) is 0. The van der Waals surface area contributed by atoms with Gasteiger partial charge in [-0.2, -0.15) is 0 Å². The van der Waals surface area contributed by atoms with Crippen LogP contribution in [0, 0.1) is 11.8 Å². The second-order valence-corrected chi connectivity index (χ2v) is 1.07. The van der Waals surface area contributed by atoms with Crippen LogP contribution in [0.25, 0.3) is 0 Å². The van der Waals surface area contributed by atoms with Crippen molar-refractivity contribution in [3.63, 3.8) is 0 Å². The Balaban J connectivity index is -0.0000000750. The van der Waals surface area contributed by atoms with Crippen LogP contribution in [0.4, 0.5) is 0 Å². The van der Waals surface area contributed by atoms with Gasteiger partial charge in [0.15, 0.2) is 0 Å². The van der Waals surface area contributed by atoms with E-state index in [0.717, 1.165) is 6.41 Å². The Labute approximate surface area is 59.7 Å². The Bertz CT molecular complexity index is 62.3. The van der Waals surface area contributed by atoms with E-state index >= 15 is 0 Å². The molecule has 0 heterocycles. The number of carbonyl (C=O) groups excluding carboxylic acids is 1. The van der Waals surface area contributed by atoms with Crippen LogP contribution >= 0.6 is 0 Å². The van der Waals surface area contributed by atoms with Crippen molar-refractivity contribution in [1.82, 2.24) is 4.90 Å². The van der Waals surface area contributed by atoms with E-state index < -0.39 is 0 Å². The van der Waals surface area contributed by atoms with Crippen molar-refractivity contribution in [2.45, 2.75) is 0 Å². The molecular formula is C4H7CuN2O. The minimum Gasteiger partial charge on any atom is -0.512 e. The van der Waals surface area contributed by atoms with Gasteiger partial charge >= 0.3 is 17.1 Å². The molecule has 0 aromatic carbocycles. The van der Waals surface area contributed by atoms with Gasteiger partial charge in [-0.15, -0.1) is 0 Å². The molecule has 0 fully saturated rings. The minimum atomic E-state index is 0. The summed E-state index contributed by atoms with van der Waals surface area (Å²) in [5.41, 5.74) is 0. The first kappa shape index (κ1) is 15.6. The molecule has 1 amide bonds. The summed E-state index contributed by atoms with van der Waals surface area (Å²) in [6.45, 7) is 4.75. The summed E-state index contributed by atoms with van der Waals surface area (Å²) in [7, 11) is 3.38. The fourth-order valence-electron chi connectivity index (χ4n) is 0. The number of carbonyl (C=O) groups is 1. The van der Waals surface area contributed by atoms with Crippen LogP contribution in [-0.2, 0) is 21.9 Å². The summed E-state index contributed by atoms with van der Waals surface area (Å²) in [4.78, 5) is 10.9. The van der Waals surface area contributed by atoms with Crippen LogP contribution in [0.2, 0.25) is 0 Å². The molecular weight excluding hydrogens is 156 g/mol. The molecule has 0 spiro atoms. The van der Waals surface area contributed by atoms with Crippen LogP contribution < -0.4 is 0 Å². The molecule has 0 aliphatic heterocycles. The number of nitrogens with zero attached hydrogens (tertiary/aromatic N) is 2. The second-order valence-electron chi connectivity index (χ2n) is 1.07. The van der Waals surface area contributed by atoms with Gasteiger partial charge in [0.25, 0.3) is 0 Å². The van der Waals surface area contributed by atoms with Gasteiger partial charge in [-0.1, -0.05) is 0 Å². The number of amides is 1. The fourth-order valence-corrected chi connectivity index (χ4v) is 0. The molecule has 0 aliphatic carbocycles. The third-order valence-corrected chi connectivity index (χ3v) is 0.211. The third-order valence-electron chi connectivity index (χ3n) is 0.211. The molecule has 0 atom stereocenters. The Kier molecular flexibility index (Phi) is 31.4. The maximum atomic E-state index is 9.43. The van der Waals surface area contributed by atoms with Gasteiger partial charge in [-0.3, -0.25) is 4.79 Å². The molecule has 0 saturated carbocycles. The van der Waals surface area contributed by atoms with Crippen LogP contribution in [0.15, 0.2) is 0 Å². The average Bonchev–Trinajstić information content (AvgIpc) is 1.73. The second kappa shape index (κ2) is 16.1. The van der Waals surface area contributed by atoms with Crippen LogP contribution in [0.5, 0.6) is 0 Å². The van der Waals surface area contributed by atoms with E-state index in [4.69, 9.17) is 11.8 Å². The topological polar surface area (TPSA) is 44.1 Å². The van der Waals surface area contributed by atoms with Crippen LogP contribution in [-0.4, -0.2) is 25.4 Å². The van der Waals surface area contributed by atoms with Gasteiger partial charge in [-0.25, -0.2) is 0 Å². The molecule has 0 bridgehead atoms. The molecule has 0 aromatic rings. The predicted octanol–water partition coefficient (Wildman–Crippen LogP) is -0.202. The van der Waals surface area contributed by atoms with E-state index in [1.807, 2.05) is 0 Å². The molecule has 0 N–H and O–H groups in total. The number of hydrogen-bond acceptors (Lipinski definition) is 2. The molecule has 8 heavy (non-hydrogen) atoms. The molecule has 0 unspecified atom stereocenters. The maximum absolute atomic E-state index is 9.43. The number of hydrogen-bond donors (Lipinski definition) is 0. The van der Waals surface area contributed by atoms with E-state index in [1.54, 1.807) is 14.1 Å². The smallest absolute Gasteiger partial charge is 0.512 e. The zero-order chi connectivity index (χ0) is 6.28. The molecule has 50 valence electrons. The Morgan fingerprint density at radius 3 is 1.62 bits per heavy atom. The SMILES string of the molecule is CN(C)C=O.[C-]#N.[Cu+]. The summed E-state index contributed by atoms with van der Waals surface area (Å²) in [5, 5.41) is 6.25. The first-order valence-electron chi connectivity index (χ1n) is 1.61. The van der Waals surface area contributed by atoms with Gasteiger partial charge < -0.3 is 16.7 Å². The van der Waals surface area contributed by atoms with E-state index in [-0.39, 0.29) is 17.1 Å².